The van der Waals surface area contributed by atoms with Crippen LogP contribution >= 0.6 is 0 Å². The lowest BCUT2D eigenvalue weighted by Crippen LogP contribution is -2.08. The molecule has 2 aromatic carbocycles. The minimum Gasteiger partial charge on any atom is -0.466 e. The molecule has 0 aromatic heterocycles. The summed E-state index contributed by atoms with van der Waals surface area (Å²) in [6, 6.07) is 10.9. The number of anilines is 1. The van der Waals surface area contributed by atoms with E-state index in [0.717, 1.165) is 22.4 Å². The molecule has 0 aliphatic carbocycles. The van der Waals surface area contributed by atoms with Crippen LogP contribution in [-0.4, -0.2) is 30.6 Å². The highest BCUT2D eigenvalue weighted by Crippen LogP contribution is 2.21. The molecule has 1 amide bonds. The number of benzene rings is 2. The van der Waals surface area contributed by atoms with Gasteiger partial charge in [0.25, 0.3) is 0 Å². The molecule has 0 unspecified atom stereocenters. The summed E-state index contributed by atoms with van der Waals surface area (Å²) in [5, 5.41) is 4.49. The third-order valence-electron chi connectivity index (χ3n) is 3.63. The van der Waals surface area contributed by atoms with Crippen molar-refractivity contribution in [3.05, 3.63) is 66.3 Å². The zero-order valence-electron chi connectivity index (χ0n) is 15.0. The lowest BCUT2D eigenvalue weighted by molar-refractivity contribution is -0.135. The minimum absolute atomic E-state index is 0.164. The molecule has 2 aromatic rings. The molecule has 0 bridgehead atoms. The van der Waals surface area contributed by atoms with Gasteiger partial charge in [0.15, 0.2) is 11.6 Å². The van der Waals surface area contributed by atoms with Gasteiger partial charge in [0.2, 0.25) is 5.91 Å². The SMILES string of the molecule is COC(=O)/C=C\C(=O)Cc1ccc2cc(NC(=O)/C=C\C(C)=O)ccc2c1. The first-order chi connectivity index (χ1) is 12.9. The topological polar surface area (TPSA) is 89.5 Å². The lowest BCUT2D eigenvalue weighted by Gasteiger charge is -2.06. The highest BCUT2D eigenvalue weighted by molar-refractivity contribution is 6.04. The van der Waals surface area contributed by atoms with E-state index < -0.39 is 5.97 Å². The van der Waals surface area contributed by atoms with Crippen molar-refractivity contribution in [3.8, 4) is 0 Å². The number of rotatable bonds is 7. The molecular formula is C21H19NO5. The minimum atomic E-state index is -0.574. The van der Waals surface area contributed by atoms with Crippen LogP contribution in [0.25, 0.3) is 10.8 Å². The number of ether oxygens (including phenoxy) is 1. The van der Waals surface area contributed by atoms with E-state index in [-0.39, 0.29) is 23.9 Å². The molecule has 0 aliphatic rings. The van der Waals surface area contributed by atoms with E-state index in [2.05, 4.69) is 10.1 Å². The van der Waals surface area contributed by atoms with Gasteiger partial charge < -0.3 is 10.1 Å². The summed E-state index contributed by atoms with van der Waals surface area (Å²) in [7, 11) is 1.25. The van der Waals surface area contributed by atoms with Gasteiger partial charge >= 0.3 is 5.97 Å². The maximum atomic E-state index is 11.9. The molecule has 1 N–H and O–H groups in total. The molecule has 2 rings (SSSR count). The average Bonchev–Trinajstić information content (AvgIpc) is 2.64. The molecule has 27 heavy (non-hydrogen) atoms. The first kappa shape index (κ1) is 19.8. The summed E-state index contributed by atoms with van der Waals surface area (Å²) in [6.07, 6.45) is 4.84. The largest absolute Gasteiger partial charge is 0.466 e. The summed E-state index contributed by atoms with van der Waals surface area (Å²) in [6.45, 7) is 1.37. The molecule has 0 radical (unpaired) electrons. The number of methoxy groups -OCH3 is 1. The first-order valence-electron chi connectivity index (χ1n) is 8.18. The third-order valence-corrected chi connectivity index (χ3v) is 3.63. The van der Waals surface area contributed by atoms with Crippen molar-refractivity contribution in [2.75, 3.05) is 12.4 Å². The van der Waals surface area contributed by atoms with Gasteiger partial charge in [-0.3, -0.25) is 14.4 Å². The fourth-order valence-electron chi connectivity index (χ4n) is 2.35. The Morgan fingerprint density at radius 2 is 1.63 bits per heavy atom. The van der Waals surface area contributed by atoms with E-state index in [0.29, 0.717) is 5.69 Å². The molecule has 0 saturated heterocycles. The van der Waals surface area contributed by atoms with E-state index in [1.807, 2.05) is 24.3 Å². The van der Waals surface area contributed by atoms with Crippen LogP contribution in [0.2, 0.25) is 0 Å². The van der Waals surface area contributed by atoms with Gasteiger partial charge in [-0.15, -0.1) is 0 Å². The molecular weight excluding hydrogens is 346 g/mol. The van der Waals surface area contributed by atoms with Gasteiger partial charge in [-0.05, 0) is 47.5 Å². The number of hydrogen-bond donors (Lipinski definition) is 1. The Morgan fingerprint density at radius 1 is 0.926 bits per heavy atom. The van der Waals surface area contributed by atoms with Crippen LogP contribution in [0.4, 0.5) is 5.69 Å². The van der Waals surface area contributed by atoms with Gasteiger partial charge in [-0.25, -0.2) is 4.79 Å². The van der Waals surface area contributed by atoms with Crippen molar-refractivity contribution in [2.45, 2.75) is 13.3 Å². The number of amides is 1. The second-order valence-corrected chi connectivity index (χ2v) is 5.83. The van der Waals surface area contributed by atoms with E-state index in [1.165, 1.54) is 32.3 Å². The summed E-state index contributed by atoms with van der Waals surface area (Å²) in [5.41, 5.74) is 1.41. The molecule has 138 valence electrons. The predicted octanol–water partition coefficient (Wildman–Crippen LogP) is 2.76. The van der Waals surface area contributed by atoms with E-state index in [9.17, 15) is 19.2 Å². The summed E-state index contributed by atoms with van der Waals surface area (Å²) in [5.74, 6) is -1.37. The first-order valence-corrected chi connectivity index (χ1v) is 8.18. The number of ketones is 2. The number of fused-ring (bicyclic) bond motifs is 1. The quantitative estimate of drug-likeness (QED) is 0.602. The Labute approximate surface area is 156 Å². The molecule has 0 spiro atoms. The molecule has 0 saturated carbocycles. The van der Waals surface area contributed by atoms with Crippen molar-refractivity contribution in [1.82, 2.24) is 0 Å². The number of esters is 1. The number of nitrogens with one attached hydrogen (secondary N) is 1. The molecule has 6 heteroatoms. The van der Waals surface area contributed by atoms with Crippen LogP contribution in [0.1, 0.15) is 12.5 Å². The normalized spacial score (nSPS) is 11.0. The smallest absolute Gasteiger partial charge is 0.330 e. The summed E-state index contributed by atoms with van der Waals surface area (Å²) >= 11 is 0. The van der Waals surface area contributed by atoms with Gasteiger partial charge in [0.05, 0.1) is 7.11 Å². The Kier molecular flexibility index (Phi) is 6.77. The number of hydrogen-bond acceptors (Lipinski definition) is 5. The Hall–Kier alpha value is -3.54. The third kappa shape index (κ3) is 6.36. The van der Waals surface area contributed by atoms with E-state index >= 15 is 0 Å². The predicted molar refractivity (Wildman–Crippen MR) is 102 cm³/mol. The maximum absolute atomic E-state index is 11.9. The summed E-state index contributed by atoms with van der Waals surface area (Å²) in [4.78, 5) is 45.5. The molecule has 0 fully saturated rings. The van der Waals surface area contributed by atoms with Crippen molar-refractivity contribution >= 4 is 39.9 Å². The van der Waals surface area contributed by atoms with E-state index in [4.69, 9.17) is 0 Å². The van der Waals surface area contributed by atoms with Gasteiger partial charge in [0, 0.05) is 24.3 Å². The van der Waals surface area contributed by atoms with Gasteiger partial charge in [0.1, 0.15) is 0 Å². The molecule has 0 heterocycles. The standard InChI is InChI=1S/C21H19NO5/c1-14(23)3-9-20(25)22-18-7-6-16-11-15(4-5-17(16)13-18)12-19(24)8-10-21(26)27-2/h3-11,13H,12H2,1-2H3,(H,22,25)/b9-3-,10-8-. The van der Waals surface area contributed by atoms with Crippen molar-refractivity contribution in [1.29, 1.82) is 0 Å². The Balaban J connectivity index is 2.09. The lowest BCUT2D eigenvalue weighted by atomic mass is 10.0. The number of allylic oxidation sites excluding steroid dienone is 2. The Morgan fingerprint density at radius 3 is 2.33 bits per heavy atom. The second kappa shape index (κ2) is 9.24. The highest BCUT2D eigenvalue weighted by Gasteiger charge is 2.05. The average molecular weight is 365 g/mol. The number of carbonyl (C=O) groups is 4. The van der Waals surface area contributed by atoms with Gasteiger partial charge in [-0.2, -0.15) is 0 Å². The van der Waals surface area contributed by atoms with Crippen molar-refractivity contribution in [3.63, 3.8) is 0 Å². The fraction of sp³-hybridized carbons (Fsp3) is 0.143. The molecule has 0 atom stereocenters. The molecule has 6 nitrogen and oxygen atoms in total. The van der Waals surface area contributed by atoms with Gasteiger partial charge in [-0.1, -0.05) is 24.3 Å². The van der Waals surface area contributed by atoms with Crippen LogP contribution in [-0.2, 0) is 30.3 Å². The monoisotopic (exact) mass is 365 g/mol. The second-order valence-electron chi connectivity index (χ2n) is 5.83. The van der Waals surface area contributed by atoms with Crippen LogP contribution < -0.4 is 5.32 Å². The number of carbonyl (C=O) groups excluding carboxylic acids is 4. The summed E-state index contributed by atoms with van der Waals surface area (Å²) < 4.78 is 4.45. The zero-order chi connectivity index (χ0) is 19.8. The van der Waals surface area contributed by atoms with Crippen molar-refractivity contribution < 1.29 is 23.9 Å². The zero-order valence-corrected chi connectivity index (χ0v) is 15.0. The Bertz CT molecular complexity index is 956. The van der Waals surface area contributed by atoms with Crippen LogP contribution in [0.15, 0.2) is 60.7 Å². The fourth-order valence-corrected chi connectivity index (χ4v) is 2.35. The highest BCUT2D eigenvalue weighted by atomic mass is 16.5. The van der Waals surface area contributed by atoms with E-state index in [1.54, 1.807) is 12.1 Å². The van der Waals surface area contributed by atoms with Crippen molar-refractivity contribution in [2.24, 2.45) is 0 Å². The van der Waals surface area contributed by atoms with Crippen LogP contribution in [0, 0.1) is 0 Å². The van der Waals surface area contributed by atoms with Crippen LogP contribution in [0.5, 0.6) is 0 Å². The molecule has 0 aliphatic heterocycles. The van der Waals surface area contributed by atoms with Crippen LogP contribution in [0.3, 0.4) is 0 Å². The maximum Gasteiger partial charge on any atom is 0.330 e.